The Morgan fingerprint density at radius 3 is 2.72 bits per heavy atom. The summed E-state index contributed by atoms with van der Waals surface area (Å²) in [6.07, 6.45) is 5.12. The van der Waals surface area contributed by atoms with E-state index in [4.69, 9.17) is 17.3 Å². The van der Waals surface area contributed by atoms with Crippen molar-refractivity contribution in [2.75, 3.05) is 29.1 Å². The normalized spacial score (nSPS) is 10.9. The minimum Gasteiger partial charge on any atom is -0.399 e. The Hall–Kier alpha value is -1.36. The van der Waals surface area contributed by atoms with E-state index >= 15 is 0 Å². The van der Waals surface area contributed by atoms with Crippen molar-refractivity contribution in [1.82, 2.24) is 0 Å². The molecule has 0 fully saturated rings. The monoisotopic (exact) mass is 285 g/mol. The van der Waals surface area contributed by atoms with Crippen LogP contribution in [0.4, 0.5) is 11.4 Å². The fourth-order valence-corrected chi connectivity index (χ4v) is 2.39. The summed E-state index contributed by atoms with van der Waals surface area (Å²) in [7, 11) is -3.74. The highest BCUT2D eigenvalue weighted by atomic mass is 32.2. The zero-order valence-electron chi connectivity index (χ0n) is 9.72. The fraction of sp³-hybridized carbons (Fsp3) is 0.273. The van der Waals surface area contributed by atoms with E-state index in [0.717, 1.165) is 5.75 Å². The van der Waals surface area contributed by atoms with Crippen LogP contribution in [-0.4, -0.2) is 26.5 Å². The summed E-state index contributed by atoms with van der Waals surface area (Å²) in [6.45, 7) is 0.667. The van der Waals surface area contributed by atoms with Crippen LogP contribution in [0.3, 0.4) is 0 Å². The van der Waals surface area contributed by atoms with Crippen molar-refractivity contribution >= 4 is 33.2 Å². The summed E-state index contributed by atoms with van der Waals surface area (Å²) in [5.41, 5.74) is 6.59. The topological polar surface area (TPSA) is 98.2 Å². The Kier molecular flexibility index (Phi) is 5.34. The second-order valence-electron chi connectivity index (χ2n) is 3.52. The zero-order chi connectivity index (χ0) is 13.6. The number of hydrogen-bond donors (Lipinski definition) is 3. The van der Waals surface area contributed by atoms with Crippen LogP contribution in [0.1, 0.15) is 0 Å². The van der Waals surface area contributed by atoms with Gasteiger partial charge in [0.1, 0.15) is 0 Å². The number of primary sulfonamides is 1. The largest absolute Gasteiger partial charge is 0.399 e. The van der Waals surface area contributed by atoms with E-state index < -0.39 is 10.0 Å². The Bertz CT molecular complexity index is 550. The number of nitrogens with one attached hydrogen (secondary N) is 1. The van der Waals surface area contributed by atoms with Gasteiger partial charge in [0.25, 0.3) is 0 Å². The molecular weight excluding hydrogens is 270 g/mol. The Morgan fingerprint density at radius 2 is 2.11 bits per heavy atom. The average molecular weight is 285 g/mol. The van der Waals surface area contributed by atoms with Crippen molar-refractivity contribution < 1.29 is 8.42 Å². The molecule has 0 saturated carbocycles. The predicted octanol–water partition coefficient (Wildman–Crippen LogP) is 0.695. The highest BCUT2D eigenvalue weighted by molar-refractivity contribution is 7.99. The number of terminal acetylenes is 1. The van der Waals surface area contributed by atoms with Crippen LogP contribution in [0.15, 0.2) is 23.1 Å². The highest BCUT2D eigenvalue weighted by Crippen LogP contribution is 2.19. The standard InChI is InChI=1S/C11H15N3O2S2/c1-2-4-17-5-3-14-10-6-9(12)7-11(8-10)18(13,15)16/h1,6-8,14H,3-5,12H2,(H2,13,15,16). The van der Waals surface area contributed by atoms with E-state index in [9.17, 15) is 8.42 Å². The molecule has 0 spiro atoms. The first-order chi connectivity index (χ1) is 8.43. The molecule has 0 aliphatic rings. The first-order valence-electron chi connectivity index (χ1n) is 5.12. The predicted molar refractivity (Wildman–Crippen MR) is 76.9 cm³/mol. The van der Waals surface area contributed by atoms with Crippen LogP contribution >= 0.6 is 11.8 Å². The van der Waals surface area contributed by atoms with Crippen molar-refractivity contribution in [2.45, 2.75) is 4.90 Å². The minimum atomic E-state index is -3.74. The van der Waals surface area contributed by atoms with Gasteiger partial charge in [0.2, 0.25) is 10.0 Å². The van der Waals surface area contributed by atoms with Crippen LogP contribution in [-0.2, 0) is 10.0 Å². The Labute approximate surface area is 111 Å². The van der Waals surface area contributed by atoms with Gasteiger partial charge in [-0.2, -0.15) is 0 Å². The van der Waals surface area contributed by atoms with E-state index in [1.54, 1.807) is 17.8 Å². The molecule has 0 atom stereocenters. The van der Waals surface area contributed by atoms with Gasteiger partial charge < -0.3 is 11.1 Å². The van der Waals surface area contributed by atoms with Crippen molar-refractivity contribution in [2.24, 2.45) is 5.14 Å². The molecule has 0 saturated heterocycles. The highest BCUT2D eigenvalue weighted by Gasteiger charge is 2.09. The third kappa shape index (κ3) is 4.87. The zero-order valence-corrected chi connectivity index (χ0v) is 11.4. The molecule has 98 valence electrons. The number of hydrogen-bond acceptors (Lipinski definition) is 5. The van der Waals surface area contributed by atoms with Crippen LogP contribution in [0.2, 0.25) is 0 Å². The minimum absolute atomic E-state index is 0.00118. The first kappa shape index (κ1) is 14.7. The Morgan fingerprint density at radius 1 is 1.39 bits per heavy atom. The van der Waals surface area contributed by atoms with Gasteiger partial charge in [-0.05, 0) is 18.2 Å². The second-order valence-corrected chi connectivity index (χ2v) is 6.19. The lowest BCUT2D eigenvalue weighted by Gasteiger charge is -2.08. The molecule has 5 N–H and O–H groups in total. The van der Waals surface area contributed by atoms with Gasteiger partial charge in [-0.1, -0.05) is 5.92 Å². The molecule has 0 amide bonds. The van der Waals surface area contributed by atoms with Crippen molar-refractivity contribution in [3.63, 3.8) is 0 Å². The summed E-state index contributed by atoms with van der Waals surface area (Å²) in [5, 5.41) is 8.12. The summed E-state index contributed by atoms with van der Waals surface area (Å²) in [6, 6.07) is 4.44. The molecule has 0 aliphatic heterocycles. The SMILES string of the molecule is C#CCSCCNc1cc(N)cc(S(N)(=O)=O)c1. The number of nitrogen functional groups attached to an aromatic ring is 1. The van der Waals surface area contributed by atoms with Gasteiger partial charge in [0, 0.05) is 23.7 Å². The smallest absolute Gasteiger partial charge is 0.238 e. The molecule has 0 aromatic heterocycles. The summed E-state index contributed by atoms with van der Waals surface area (Å²) in [4.78, 5) is 0.00118. The number of rotatable bonds is 6. The third-order valence-corrected chi connectivity index (χ3v) is 3.77. The average Bonchev–Trinajstić information content (AvgIpc) is 2.27. The van der Waals surface area contributed by atoms with Crippen molar-refractivity contribution in [3.05, 3.63) is 18.2 Å². The van der Waals surface area contributed by atoms with Gasteiger partial charge in [0.15, 0.2) is 0 Å². The summed E-state index contributed by atoms with van der Waals surface area (Å²) >= 11 is 1.61. The number of sulfonamides is 1. The molecule has 0 unspecified atom stereocenters. The molecule has 0 aliphatic carbocycles. The van der Waals surface area contributed by atoms with Crippen LogP contribution in [0.25, 0.3) is 0 Å². The number of nitrogens with two attached hydrogens (primary N) is 2. The van der Waals surface area contributed by atoms with Crippen LogP contribution in [0, 0.1) is 12.3 Å². The maximum atomic E-state index is 11.2. The van der Waals surface area contributed by atoms with Gasteiger partial charge in [-0.15, -0.1) is 18.2 Å². The van der Waals surface area contributed by atoms with Crippen molar-refractivity contribution in [3.8, 4) is 12.3 Å². The van der Waals surface area contributed by atoms with E-state index in [-0.39, 0.29) is 4.90 Å². The molecule has 1 rings (SSSR count). The maximum Gasteiger partial charge on any atom is 0.238 e. The van der Waals surface area contributed by atoms with Gasteiger partial charge in [-0.3, -0.25) is 0 Å². The molecule has 0 bridgehead atoms. The lowest BCUT2D eigenvalue weighted by Crippen LogP contribution is -2.13. The van der Waals surface area contributed by atoms with Gasteiger partial charge >= 0.3 is 0 Å². The summed E-state index contributed by atoms with van der Waals surface area (Å²) in [5.74, 6) is 4.00. The van der Waals surface area contributed by atoms with E-state index in [1.165, 1.54) is 12.1 Å². The van der Waals surface area contributed by atoms with E-state index in [2.05, 4.69) is 11.2 Å². The molecule has 1 aromatic carbocycles. The number of anilines is 2. The molecule has 1 aromatic rings. The Balaban J connectivity index is 2.67. The van der Waals surface area contributed by atoms with Crippen molar-refractivity contribution in [1.29, 1.82) is 0 Å². The lowest BCUT2D eigenvalue weighted by atomic mass is 10.3. The van der Waals surface area contributed by atoms with Crippen LogP contribution < -0.4 is 16.2 Å². The van der Waals surface area contributed by atoms with E-state index in [1.807, 2.05) is 0 Å². The van der Waals surface area contributed by atoms with Crippen LogP contribution in [0.5, 0.6) is 0 Å². The van der Waals surface area contributed by atoms with Gasteiger partial charge in [0.05, 0.1) is 10.6 Å². The molecule has 5 nitrogen and oxygen atoms in total. The second kappa shape index (κ2) is 6.54. The fourth-order valence-electron chi connectivity index (χ4n) is 1.29. The molecule has 0 radical (unpaired) electrons. The summed E-state index contributed by atoms with van der Waals surface area (Å²) < 4.78 is 22.4. The maximum absolute atomic E-state index is 11.2. The molecule has 7 heteroatoms. The van der Waals surface area contributed by atoms with Gasteiger partial charge in [-0.25, -0.2) is 13.6 Å². The number of thioether (sulfide) groups is 1. The molecule has 0 heterocycles. The lowest BCUT2D eigenvalue weighted by molar-refractivity contribution is 0.598. The number of benzene rings is 1. The first-order valence-corrected chi connectivity index (χ1v) is 7.82. The third-order valence-electron chi connectivity index (χ3n) is 2.02. The molecule has 18 heavy (non-hydrogen) atoms. The molecular formula is C11H15N3O2S2. The van der Waals surface area contributed by atoms with E-state index in [0.29, 0.717) is 23.7 Å². The quantitative estimate of drug-likeness (QED) is 0.406.